The second kappa shape index (κ2) is 7.24. The molecule has 1 aromatic carbocycles. The molecule has 1 N–H and O–H groups in total. The summed E-state index contributed by atoms with van der Waals surface area (Å²) in [6, 6.07) is 2.59. The second-order valence-corrected chi connectivity index (χ2v) is 8.32. The van der Waals surface area contributed by atoms with Crippen molar-refractivity contribution in [2.45, 2.75) is 45.2 Å². The van der Waals surface area contributed by atoms with Gasteiger partial charge in [-0.1, -0.05) is 15.9 Å². The zero-order valence-electron chi connectivity index (χ0n) is 16.0. The van der Waals surface area contributed by atoms with Crippen molar-refractivity contribution in [2.24, 2.45) is 0 Å². The number of nitrogens with zero attached hydrogens (tertiary/aromatic N) is 2. The molecule has 2 saturated heterocycles. The first-order valence-corrected chi connectivity index (χ1v) is 9.72. The Hall–Kier alpha value is -1.93. The van der Waals surface area contributed by atoms with Gasteiger partial charge in [0, 0.05) is 23.8 Å². The highest BCUT2D eigenvalue weighted by molar-refractivity contribution is 9.10. The molecule has 2 aliphatic heterocycles. The summed E-state index contributed by atoms with van der Waals surface area (Å²) < 4.78 is 6.03. The van der Waals surface area contributed by atoms with Crippen LogP contribution < -0.4 is 10.2 Å². The zero-order chi connectivity index (χ0) is 19.9. The van der Waals surface area contributed by atoms with E-state index in [0.717, 1.165) is 26.2 Å². The summed E-state index contributed by atoms with van der Waals surface area (Å²) in [5.41, 5.74) is 1.65. The predicted molar refractivity (Wildman–Crippen MR) is 105 cm³/mol. The minimum absolute atomic E-state index is 0.0592. The normalized spacial score (nSPS) is 26.0. The van der Waals surface area contributed by atoms with Crippen LogP contribution in [0.1, 0.15) is 30.9 Å². The van der Waals surface area contributed by atoms with Gasteiger partial charge in [-0.2, -0.15) is 0 Å². The molecule has 1 aromatic rings. The first-order valence-electron chi connectivity index (χ1n) is 8.92. The van der Waals surface area contributed by atoms with Crippen LogP contribution in [0.4, 0.5) is 10.5 Å². The maximum absolute atomic E-state index is 13.3. The number of piperidine rings is 1. The van der Waals surface area contributed by atoms with E-state index in [1.165, 1.54) is 7.11 Å². The van der Waals surface area contributed by atoms with Crippen LogP contribution in [-0.4, -0.2) is 54.6 Å². The minimum atomic E-state index is -1.14. The van der Waals surface area contributed by atoms with Crippen molar-refractivity contribution in [2.75, 3.05) is 25.2 Å². The van der Waals surface area contributed by atoms with E-state index in [1.54, 1.807) is 11.8 Å². The van der Waals surface area contributed by atoms with Crippen molar-refractivity contribution in [3.63, 3.8) is 0 Å². The van der Waals surface area contributed by atoms with Gasteiger partial charge < -0.3 is 15.0 Å². The lowest BCUT2D eigenvalue weighted by Crippen LogP contribution is -2.56. The summed E-state index contributed by atoms with van der Waals surface area (Å²) >= 11 is 3.47. The number of halogens is 1. The molecule has 146 valence electrons. The Morgan fingerprint density at radius 2 is 1.89 bits per heavy atom. The van der Waals surface area contributed by atoms with Crippen LogP contribution >= 0.6 is 15.9 Å². The van der Waals surface area contributed by atoms with E-state index >= 15 is 0 Å². The number of anilines is 1. The SMILES string of the molecule is COC[C@]1(C)NC(=O)N([C@H]2CCCN(c3c(C)cc(Br)cc3C)C2=O)C1=O. The van der Waals surface area contributed by atoms with Crippen LogP contribution in [0.2, 0.25) is 0 Å². The number of carbonyl (C=O) groups is 3. The molecule has 0 saturated carbocycles. The smallest absolute Gasteiger partial charge is 0.325 e. The van der Waals surface area contributed by atoms with Crippen LogP contribution in [0, 0.1) is 13.8 Å². The van der Waals surface area contributed by atoms with Gasteiger partial charge in [0.05, 0.1) is 6.61 Å². The van der Waals surface area contributed by atoms with Crippen LogP contribution in [0.5, 0.6) is 0 Å². The molecule has 8 heteroatoms. The number of carbonyl (C=O) groups excluding carboxylic acids is 3. The standard InChI is InChI=1S/C19H24BrN3O4/c1-11-8-13(20)9-12(2)15(11)22-7-5-6-14(16(22)24)23-17(25)19(3,10-27-4)21-18(23)26/h8-9,14H,5-7,10H2,1-4H3,(H,21,26)/t14-,19-/m0/s1. The number of urea groups is 1. The number of rotatable bonds is 4. The third-order valence-corrected chi connectivity index (χ3v) is 5.63. The topological polar surface area (TPSA) is 79.0 Å². The predicted octanol–water partition coefficient (Wildman–Crippen LogP) is 2.52. The van der Waals surface area contributed by atoms with E-state index in [2.05, 4.69) is 21.2 Å². The Bertz CT molecular complexity index is 789. The highest BCUT2D eigenvalue weighted by Gasteiger charge is 2.53. The molecule has 0 aliphatic carbocycles. The fraction of sp³-hybridized carbons (Fsp3) is 0.526. The number of aryl methyl sites for hydroxylation is 2. The van der Waals surface area contributed by atoms with Gasteiger partial charge in [0.2, 0.25) is 5.91 Å². The molecule has 27 heavy (non-hydrogen) atoms. The van der Waals surface area contributed by atoms with Gasteiger partial charge in [-0.25, -0.2) is 9.69 Å². The van der Waals surface area contributed by atoms with E-state index in [4.69, 9.17) is 4.74 Å². The number of methoxy groups -OCH3 is 1. The van der Waals surface area contributed by atoms with Gasteiger partial charge in [0.15, 0.2) is 0 Å². The van der Waals surface area contributed by atoms with Crippen LogP contribution in [-0.2, 0) is 14.3 Å². The lowest BCUT2D eigenvalue weighted by Gasteiger charge is -2.37. The molecule has 4 amide bonds. The van der Waals surface area contributed by atoms with Crippen molar-refractivity contribution in [3.8, 4) is 0 Å². The maximum Gasteiger partial charge on any atom is 0.325 e. The van der Waals surface area contributed by atoms with Crippen molar-refractivity contribution in [3.05, 3.63) is 27.7 Å². The summed E-state index contributed by atoms with van der Waals surface area (Å²) in [7, 11) is 1.47. The summed E-state index contributed by atoms with van der Waals surface area (Å²) in [6.07, 6.45) is 1.18. The van der Waals surface area contributed by atoms with Crippen molar-refractivity contribution in [1.29, 1.82) is 0 Å². The minimum Gasteiger partial charge on any atom is -0.382 e. The Balaban J connectivity index is 1.92. The van der Waals surface area contributed by atoms with E-state index in [9.17, 15) is 14.4 Å². The molecular formula is C19H24BrN3O4. The van der Waals surface area contributed by atoms with E-state index in [1.807, 2.05) is 26.0 Å². The number of nitrogens with one attached hydrogen (secondary N) is 1. The molecule has 2 fully saturated rings. The van der Waals surface area contributed by atoms with Crippen LogP contribution in [0.3, 0.4) is 0 Å². The molecule has 7 nitrogen and oxygen atoms in total. The van der Waals surface area contributed by atoms with Gasteiger partial charge in [-0.15, -0.1) is 0 Å². The number of amides is 4. The molecule has 2 heterocycles. The molecule has 0 unspecified atom stereocenters. The fourth-order valence-electron chi connectivity index (χ4n) is 4.02. The first-order chi connectivity index (χ1) is 12.7. The molecule has 2 atom stereocenters. The number of imide groups is 1. The molecule has 0 spiro atoms. The van der Waals surface area contributed by atoms with Crippen LogP contribution in [0.25, 0.3) is 0 Å². The van der Waals surface area contributed by atoms with Crippen molar-refractivity contribution < 1.29 is 19.1 Å². The zero-order valence-corrected chi connectivity index (χ0v) is 17.6. The second-order valence-electron chi connectivity index (χ2n) is 7.41. The molecule has 0 bridgehead atoms. The summed E-state index contributed by atoms with van der Waals surface area (Å²) in [4.78, 5) is 41.4. The van der Waals surface area contributed by atoms with Gasteiger partial charge in [-0.05, 0) is 56.9 Å². The number of ether oxygens (including phenoxy) is 1. The molecule has 0 radical (unpaired) electrons. The lowest BCUT2D eigenvalue weighted by atomic mass is 9.98. The van der Waals surface area contributed by atoms with Gasteiger partial charge in [-0.3, -0.25) is 9.59 Å². The Morgan fingerprint density at radius 3 is 2.48 bits per heavy atom. The Morgan fingerprint density at radius 1 is 1.26 bits per heavy atom. The highest BCUT2D eigenvalue weighted by Crippen LogP contribution is 2.33. The Kier molecular flexibility index (Phi) is 5.31. The quantitative estimate of drug-likeness (QED) is 0.733. The maximum atomic E-state index is 13.3. The van der Waals surface area contributed by atoms with E-state index in [0.29, 0.717) is 19.4 Å². The van der Waals surface area contributed by atoms with Crippen LogP contribution in [0.15, 0.2) is 16.6 Å². The molecule has 0 aromatic heterocycles. The average molecular weight is 438 g/mol. The monoisotopic (exact) mass is 437 g/mol. The lowest BCUT2D eigenvalue weighted by molar-refractivity contribution is -0.139. The van der Waals surface area contributed by atoms with E-state index < -0.39 is 23.5 Å². The fourth-order valence-corrected chi connectivity index (χ4v) is 4.71. The number of hydrogen-bond acceptors (Lipinski definition) is 4. The summed E-state index contributed by atoms with van der Waals surface area (Å²) in [5, 5.41) is 2.67. The molecule has 3 rings (SSSR count). The van der Waals surface area contributed by atoms with Gasteiger partial charge >= 0.3 is 6.03 Å². The first kappa shape index (κ1) is 19.8. The van der Waals surface area contributed by atoms with Crippen molar-refractivity contribution >= 4 is 39.5 Å². The summed E-state index contributed by atoms with van der Waals surface area (Å²) in [6.45, 7) is 6.15. The van der Waals surface area contributed by atoms with Crippen molar-refractivity contribution in [1.82, 2.24) is 10.2 Å². The summed E-state index contributed by atoms with van der Waals surface area (Å²) in [5.74, 6) is -0.640. The Labute approximate surface area is 167 Å². The molecule has 2 aliphatic rings. The van der Waals surface area contributed by atoms with Gasteiger partial charge in [0.25, 0.3) is 5.91 Å². The number of benzene rings is 1. The van der Waals surface area contributed by atoms with Gasteiger partial charge in [0.1, 0.15) is 11.6 Å². The molecular weight excluding hydrogens is 414 g/mol. The third kappa shape index (κ3) is 3.36. The highest BCUT2D eigenvalue weighted by atomic mass is 79.9. The number of hydrogen-bond donors (Lipinski definition) is 1. The van der Waals surface area contributed by atoms with E-state index in [-0.39, 0.29) is 12.5 Å². The third-order valence-electron chi connectivity index (χ3n) is 5.17. The largest absolute Gasteiger partial charge is 0.382 e. The average Bonchev–Trinajstić information content (AvgIpc) is 2.78.